The number of ether oxygens (including phenoxy) is 2. The van der Waals surface area contributed by atoms with Crippen LogP contribution in [0.4, 0.5) is 0 Å². The molecule has 0 N–H and O–H groups in total. The normalized spacial score (nSPS) is 19.8. The number of nitrogens with zero attached hydrogens (tertiary/aromatic N) is 3. The second-order valence-corrected chi connectivity index (χ2v) is 6.78. The molecule has 0 spiro atoms. The van der Waals surface area contributed by atoms with Gasteiger partial charge in [-0.05, 0) is 24.6 Å². The summed E-state index contributed by atoms with van der Waals surface area (Å²) in [5.41, 5.74) is 1.22. The fourth-order valence-corrected chi connectivity index (χ4v) is 3.27. The first kappa shape index (κ1) is 18.2. The highest BCUT2D eigenvalue weighted by molar-refractivity contribution is 5.78. The van der Waals surface area contributed by atoms with Crippen LogP contribution in [0.5, 0.6) is 5.75 Å². The molecule has 2 saturated heterocycles. The Hall–Kier alpha value is -1.63. The first-order valence-corrected chi connectivity index (χ1v) is 9.20. The maximum atomic E-state index is 12.3. The van der Waals surface area contributed by atoms with Crippen molar-refractivity contribution in [1.29, 1.82) is 0 Å². The molecule has 0 saturated carbocycles. The number of rotatable bonds is 6. The zero-order valence-electron chi connectivity index (χ0n) is 15.2. The maximum Gasteiger partial charge on any atom is 0.236 e. The maximum absolute atomic E-state index is 12.3. The molecule has 3 rings (SSSR count). The third-order valence-electron chi connectivity index (χ3n) is 4.85. The van der Waals surface area contributed by atoms with Gasteiger partial charge in [0.25, 0.3) is 0 Å². The van der Waals surface area contributed by atoms with Gasteiger partial charge in [0.1, 0.15) is 12.4 Å². The van der Waals surface area contributed by atoms with Crippen molar-refractivity contribution < 1.29 is 14.3 Å². The monoisotopic (exact) mass is 347 g/mol. The zero-order chi connectivity index (χ0) is 17.5. The summed E-state index contributed by atoms with van der Waals surface area (Å²) in [5.74, 6) is 1.18. The fourth-order valence-electron chi connectivity index (χ4n) is 3.27. The smallest absolute Gasteiger partial charge is 0.236 e. The molecule has 2 aliphatic heterocycles. The van der Waals surface area contributed by atoms with E-state index in [4.69, 9.17) is 9.47 Å². The second kappa shape index (κ2) is 9.17. The van der Waals surface area contributed by atoms with Gasteiger partial charge in [0.15, 0.2) is 0 Å². The summed E-state index contributed by atoms with van der Waals surface area (Å²) in [6, 6.07) is 8.16. The van der Waals surface area contributed by atoms with Crippen molar-refractivity contribution in [3.63, 3.8) is 0 Å². The Morgan fingerprint density at radius 1 is 1.08 bits per heavy atom. The topological polar surface area (TPSA) is 45.2 Å². The Kier molecular flexibility index (Phi) is 6.67. The number of morpholine rings is 1. The van der Waals surface area contributed by atoms with Crippen molar-refractivity contribution in [2.24, 2.45) is 0 Å². The van der Waals surface area contributed by atoms with Gasteiger partial charge in [-0.15, -0.1) is 0 Å². The van der Waals surface area contributed by atoms with Crippen molar-refractivity contribution >= 4 is 5.91 Å². The van der Waals surface area contributed by atoms with Crippen LogP contribution < -0.4 is 4.74 Å². The minimum Gasteiger partial charge on any atom is -0.492 e. The lowest BCUT2D eigenvalue weighted by Crippen LogP contribution is -2.52. The van der Waals surface area contributed by atoms with Gasteiger partial charge < -0.3 is 14.4 Å². The lowest BCUT2D eigenvalue weighted by atomic mass is 10.2. The first-order valence-electron chi connectivity index (χ1n) is 9.20. The predicted octanol–water partition coefficient (Wildman–Crippen LogP) is 0.850. The zero-order valence-corrected chi connectivity index (χ0v) is 15.2. The van der Waals surface area contributed by atoms with Crippen LogP contribution in [0, 0.1) is 6.92 Å². The quantitative estimate of drug-likeness (QED) is 0.763. The van der Waals surface area contributed by atoms with E-state index in [0.717, 1.165) is 51.6 Å². The van der Waals surface area contributed by atoms with E-state index < -0.39 is 0 Å². The average Bonchev–Trinajstić information content (AvgIpc) is 2.64. The standard InChI is InChI=1S/C19H29N3O3/c1-17-3-2-4-18(15-17)25-14-9-20-5-7-21(8-6-20)16-19(23)22-10-12-24-13-11-22/h2-4,15H,5-14,16H2,1H3. The van der Waals surface area contributed by atoms with Gasteiger partial charge in [0, 0.05) is 45.8 Å². The number of carbonyl (C=O) groups is 1. The van der Waals surface area contributed by atoms with E-state index in [9.17, 15) is 4.79 Å². The molecule has 2 heterocycles. The van der Waals surface area contributed by atoms with E-state index in [1.807, 2.05) is 17.0 Å². The summed E-state index contributed by atoms with van der Waals surface area (Å²) >= 11 is 0. The van der Waals surface area contributed by atoms with Crippen LogP contribution in [-0.4, -0.2) is 92.8 Å². The number of aryl methyl sites for hydroxylation is 1. The van der Waals surface area contributed by atoms with Crippen LogP contribution in [0.3, 0.4) is 0 Å². The molecule has 1 aromatic carbocycles. The minimum atomic E-state index is 0.236. The van der Waals surface area contributed by atoms with E-state index in [1.54, 1.807) is 0 Å². The number of hydrogen-bond donors (Lipinski definition) is 0. The summed E-state index contributed by atoms with van der Waals surface area (Å²) in [7, 11) is 0. The molecule has 25 heavy (non-hydrogen) atoms. The van der Waals surface area contributed by atoms with Crippen LogP contribution in [0.2, 0.25) is 0 Å². The molecule has 1 aromatic rings. The van der Waals surface area contributed by atoms with Crippen LogP contribution in [0.1, 0.15) is 5.56 Å². The molecular weight excluding hydrogens is 318 g/mol. The Bertz CT molecular complexity index is 553. The summed E-state index contributed by atoms with van der Waals surface area (Å²) in [6.07, 6.45) is 0. The number of hydrogen-bond acceptors (Lipinski definition) is 5. The number of benzene rings is 1. The van der Waals surface area contributed by atoms with Crippen molar-refractivity contribution in [3.8, 4) is 5.75 Å². The van der Waals surface area contributed by atoms with E-state index in [2.05, 4.69) is 28.9 Å². The van der Waals surface area contributed by atoms with Gasteiger partial charge in [0.2, 0.25) is 5.91 Å². The largest absolute Gasteiger partial charge is 0.492 e. The van der Waals surface area contributed by atoms with Crippen LogP contribution in [0.25, 0.3) is 0 Å². The van der Waals surface area contributed by atoms with Crippen LogP contribution in [-0.2, 0) is 9.53 Å². The summed E-state index contributed by atoms with van der Waals surface area (Å²) in [5, 5.41) is 0. The molecule has 1 amide bonds. The van der Waals surface area contributed by atoms with Gasteiger partial charge >= 0.3 is 0 Å². The number of piperazine rings is 1. The Labute approximate surface area is 150 Å². The lowest BCUT2D eigenvalue weighted by Gasteiger charge is -2.35. The Morgan fingerprint density at radius 2 is 1.80 bits per heavy atom. The molecule has 6 nitrogen and oxygen atoms in total. The van der Waals surface area contributed by atoms with Gasteiger partial charge in [0.05, 0.1) is 19.8 Å². The fraction of sp³-hybridized carbons (Fsp3) is 0.632. The van der Waals surface area contributed by atoms with E-state index >= 15 is 0 Å². The Morgan fingerprint density at radius 3 is 2.52 bits per heavy atom. The van der Waals surface area contributed by atoms with Gasteiger partial charge in [-0.25, -0.2) is 0 Å². The lowest BCUT2D eigenvalue weighted by molar-refractivity contribution is -0.136. The predicted molar refractivity (Wildman–Crippen MR) is 97.0 cm³/mol. The molecule has 0 radical (unpaired) electrons. The van der Waals surface area contributed by atoms with Gasteiger partial charge in [-0.1, -0.05) is 12.1 Å². The highest BCUT2D eigenvalue weighted by atomic mass is 16.5. The second-order valence-electron chi connectivity index (χ2n) is 6.78. The van der Waals surface area contributed by atoms with Crippen LogP contribution >= 0.6 is 0 Å². The molecule has 0 aliphatic carbocycles. The van der Waals surface area contributed by atoms with Crippen molar-refractivity contribution in [2.45, 2.75) is 6.92 Å². The summed E-state index contributed by atoms with van der Waals surface area (Å²) in [6.45, 7) is 10.9. The van der Waals surface area contributed by atoms with E-state index in [-0.39, 0.29) is 5.91 Å². The molecule has 0 aromatic heterocycles. The summed E-state index contributed by atoms with van der Waals surface area (Å²) < 4.78 is 11.1. The minimum absolute atomic E-state index is 0.236. The third-order valence-corrected chi connectivity index (χ3v) is 4.85. The van der Waals surface area contributed by atoms with Crippen molar-refractivity contribution in [3.05, 3.63) is 29.8 Å². The molecule has 2 aliphatic rings. The van der Waals surface area contributed by atoms with Gasteiger partial charge in [-0.2, -0.15) is 0 Å². The SMILES string of the molecule is Cc1cccc(OCCN2CCN(CC(=O)N3CCOCC3)CC2)c1. The number of amides is 1. The van der Waals surface area contributed by atoms with E-state index in [1.165, 1.54) is 5.56 Å². The van der Waals surface area contributed by atoms with E-state index in [0.29, 0.717) is 26.4 Å². The summed E-state index contributed by atoms with van der Waals surface area (Å²) in [4.78, 5) is 18.9. The molecule has 6 heteroatoms. The third kappa shape index (κ3) is 5.70. The molecule has 138 valence electrons. The highest BCUT2D eigenvalue weighted by Crippen LogP contribution is 2.12. The molecule has 0 bridgehead atoms. The molecule has 2 fully saturated rings. The number of carbonyl (C=O) groups excluding carboxylic acids is 1. The molecule has 0 unspecified atom stereocenters. The van der Waals surface area contributed by atoms with Crippen molar-refractivity contribution in [2.75, 3.05) is 72.2 Å². The highest BCUT2D eigenvalue weighted by Gasteiger charge is 2.22. The molecular formula is C19H29N3O3. The van der Waals surface area contributed by atoms with Gasteiger partial charge in [-0.3, -0.25) is 14.6 Å². The molecule has 0 atom stereocenters. The van der Waals surface area contributed by atoms with Crippen LogP contribution in [0.15, 0.2) is 24.3 Å². The Balaban J connectivity index is 1.32. The van der Waals surface area contributed by atoms with Crippen molar-refractivity contribution in [1.82, 2.24) is 14.7 Å². The first-order chi connectivity index (χ1) is 12.2. The average molecular weight is 347 g/mol.